The molecule has 0 aliphatic heterocycles. The van der Waals surface area contributed by atoms with Gasteiger partial charge in [0.2, 0.25) is 0 Å². The smallest absolute Gasteiger partial charge is 0.255 e. The molecule has 0 aliphatic carbocycles. The van der Waals surface area contributed by atoms with Crippen LogP contribution in [0, 0.1) is 0 Å². The van der Waals surface area contributed by atoms with E-state index in [4.69, 9.17) is 9.47 Å². The van der Waals surface area contributed by atoms with Crippen LogP contribution in [0.4, 0.5) is 5.69 Å². The molecule has 1 N–H and O–H groups in total. The number of benzene rings is 2. The van der Waals surface area contributed by atoms with Crippen LogP contribution in [-0.2, 0) is 0 Å². The summed E-state index contributed by atoms with van der Waals surface area (Å²) in [6.07, 6.45) is 0.0675. The molecule has 2 aromatic rings. The summed E-state index contributed by atoms with van der Waals surface area (Å²) in [7, 11) is 0. The van der Waals surface area contributed by atoms with Gasteiger partial charge in [-0.3, -0.25) is 4.79 Å². The van der Waals surface area contributed by atoms with E-state index in [1.165, 1.54) is 0 Å². The Labute approximate surface area is 157 Å². The van der Waals surface area contributed by atoms with Crippen molar-refractivity contribution in [3.8, 4) is 11.5 Å². The van der Waals surface area contributed by atoms with Crippen LogP contribution in [0.2, 0.25) is 0 Å². The van der Waals surface area contributed by atoms with Crippen LogP contribution in [0.15, 0.2) is 59.1 Å². The molecule has 1 amide bonds. The zero-order valence-corrected chi connectivity index (χ0v) is 16.2. The summed E-state index contributed by atoms with van der Waals surface area (Å²) in [6, 6.07) is 12.5. The van der Waals surface area contributed by atoms with Crippen molar-refractivity contribution in [2.45, 2.75) is 26.9 Å². The average Bonchev–Trinajstić information content (AvgIpc) is 2.54. The van der Waals surface area contributed by atoms with Crippen LogP contribution < -0.4 is 14.8 Å². The van der Waals surface area contributed by atoms with Crippen LogP contribution in [0.1, 0.15) is 31.1 Å². The number of carbonyl (C=O) groups excluding carboxylic acids is 1. The molecule has 4 nitrogen and oxygen atoms in total. The predicted octanol–water partition coefficient (Wildman–Crippen LogP) is 5.44. The molecule has 0 spiro atoms. The highest BCUT2D eigenvalue weighted by atomic mass is 79.9. The van der Waals surface area contributed by atoms with Gasteiger partial charge in [0.05, 0.1) is 10.6 Å². The Morgan fingerprint density at radius 1 is 1.24 bits per heavy atom. The van der Waals surface area contributed by atoms with Gasteiger partial charge in [-0.05, 0) is 72.6 Å². The third kappa shape index (κ3) is 5.94. The highest BCUT2D eigenvalue weighted by Crippen LogP contribution is 2.27. The van der Waals surface area contributed by atoms with Gasteiger partial charge in [-0.15, -0.1) is 0 Å². The number of carbonyl (C=O) groups is 1. The molecule has 0 saturated carbocycles. The van der Waals surface area contributed by atoms with Gasteiger partial charge in [-0.2, -0.15) is 0 Å². The molecule has 0 aromatic heterocycles. The fraction of sp³-hybridized carbons (Fsp3) is 0.250. The van der Waals surface area contributed by atoms with E-state index in [1.54, 1.807) is 24.3 Å². The number of halogens is 1. The largest absolute Gasteiger partial charge is 0.490 e. The topological polar surface area (TPSA) is 47.6 Å². The second-order valence-electron chi connectivity index (χ2n) is 6.04. The first-order valence-electron chi connectivity index (χ1n) is 8.00. The van der Waals surface area contributed by atoms with Crippen molar-refractivity contribution in [3.63, 3.8) is 0 Å². The minimum Gasteiger partial charge on any atom is -0.490 e. The molecule has 0 atom stereocenters. The standard InChI is InChI=1S/C20H22BrNO3/c1-13(2)12-24-17-7-5-6-16(11-17)22-20(23)15-8-9-19(18(21)10-15)25-14(3)4/h5-11,14H,1,12H2,2-4H3,(H,22,23). The predicted molar refractivity (Wildman–Crippen MR) is 105 cm³/mol. The zero-order chi connectivity index (χ0) is 18.4. The highest BCUT2D eigenvalue weighted by Gasteiger charge is 2.11. The molecule has 25 heavy (non-hydrogen) atoms. The summed E-state index contributed by atoms with van der Waals surface area (Å²) in [5.41, 5.74) is 2.14. The minimum absolute atomic E-state index is 0.0675. The highest BCUT2D eigenvalue weighted by molar-refractivity contribution is 9.10. The SMILES string of the molecule is C=C(C)COc1cccc(NC(=O)c2ccc(OC(C)C)c(Br)c2)c1. The first-order chi connectivity index (χ1) is 11.8. The number of rotatable bonds is 7. The Hall–Kier alpha value is -2.27. The van der Waals surface area contributed by atoms with E-state index in [0.29, 0.717) is 29.4 Å². The molecule has 0 saturated heterocycles. The maximum absolute atomic E-state index is 12.4. The Morgan fingerprint density at radius 3 is 2.64 bits per heavy atom. The van der Waals surface area contributed by atoms with Crippen LogP contribution in [-0.4, -0.2) is 18.6 Å². The van der Waals surface area contributed by atoms with Crippen molar-refractivity contribution in [2.75, 3.05) is 11.9 Å². The Morgan fingerprint density at radius 2 is 2.00 bits per heavy atom. The van der Waals surface area contributed by atoms with Crippen LogP contribution in [0.25, 0.3) is 0 Å². The van der Waals surface area contributed by atoms with Crippen molar-refractivity contribution in [1.82, 2.24) is 0 Å². The van der Waals surface area contributed by atoms with E-state index >= 15 is 0 Å². The molecular weight excluding hydrogens is 382 g/mol. The molecule has 0 bridgehead atoms. The van der Waals surface area contributed by atoms with Crippen molar-refractivity contribution >= 4 is 27.5 Å². The first kappa shape index (κ1) is 19.1. The van der Waals surface area contributed by atoms with Crippen molar-refractivity contribution < 1.29 is 14.3 Å². The third-order valence-electron chi connectivity index (χ3n) is 3.13. The van der Waals surface area contributed by atoms with Crippen molar-refractivity contribution in [3.05, 3.63) is 64.7 Å². The van der Waals surface area contributed by atoms with Gasteiger partial charge in [-0.25, -0.2) is 0 Å². The number of amides is 1. The summed E-state index contributed by atoms with van der Waals surface area (Å²) in [4.78, 5) is 12.4. The van der Waals surface area contributed by atoms with E-state index in [1.807, 2.05) is 39.0 Å². The summed E-state index contributed by atoms with van der Waals surface area (Å²) in [5, 5.41) is 2.87. The second-order valence-corrected chi connectivity index (χ2v) is 6.89. The Balaban J connectivity index is 2.08. The van der Waals surface area contributed by atoms with Crippen molar-refractivity contribution in [1.29, 1.82) is 0 Å². The lowest BCUT2D eigenvalue weighted by Crippen LogP contribution is -2.12. The molecule has 0 heterocycles. The van der Waals surface area contributed by atoms with Crippen LogP contribution >= 0.6 is 15.9 Å². The van der Waals surface area contributed by atoms with Crippen LogP contribution in [0.3, 0.4) is 0 Å². The molecule has 0 unspecified atom stereocenters. The monoisotopic (exact) mass is 403 g/mol. The van der Waals surface area contributed by atoms with E-state index < -0.39 is 0 Å². The van der Waals surface area contributed by atoms with Gasteiger partial charge in [0.25, 0.3) is 5.91 Å². The molecule has 2 rings (SSSR count). The Kier molecular flexibility index (Phi) is 6.65. The van der Waals surface area contributed by atoms with Gasteiger partial charge in [0.15, 0.2) is 0 Å². The fourth-order valence-corrected chi connectivity index (χ4v) is 2.54. The number of hydrogen-bond acceptors (Lipinski definition) is 3. The number of anilines is 1. The average molecular weight is 404 g/mol. The van der Waals surface area contributed by atoms with E-state index in [2.05, 4.69) is 27.8 Å². The second kappa shape index (κ2) is 8.72. The Bertz CT molecular complexity index is 771. The summed E-state index contributed by atoms with van der Waals surface area (Å²) in [6.45, 7) is 10.1. The lowest BCUT2D eigenvalue weighted by atomic mass is 10.2. The number of nitrogens with one attached hydrogen (secondary N) is 1. The fourth-order valence-electron chi connectivity index (χ4n) is 2.07. The summed E-state index contributed by atoms with van der Waals surface area (Å²) in [5.74, 6) is 1.19. The summed E-state index contributed by atoms with van der Waals surface area (Å²) >= 11 is 3.44. The van der Waals surface area contributed by atoms with Gasteiger partial charge in [-0.1, -0.05) is 12.6 Å². The molecule has 0 aliphatic rings. The lowest BCUT2D eigenvalue weighted by Gasteiger charge is -2.13. The number of hydrogen-bond donors (Lipinski definition) is 1. The molecule has 132 valence electrons. The van der Waals surface area contributed by atoms with Gasteiger partial charge >= 0.3 is 0 Å². The zero-order valence-electron chi connectivity index (χ0n) is 14.6. The summed E-state index contributed by atoms with van der Waals surface area (Å²) < 4.78 is 12.0. The van der Waals surface area contributed by atoms with E-state index in [0.717, 1.165) is 10.0 Å². The number of ether oxygens (including phenoxy) is 2. The van der Waals surface area contributed by atoms with Crippen molar-refractivity contribution in [2.24, 2.45) is 0 Å². The molecule has 5 heteroatoms. The maximum Gasteiger partial charge on any atom is 0.255 e. The third-order valence-corrected chi connectivity index (χ3v) is 3.75. The lowest BCUT2D eigenvalue weighted by molar-refractivity contribution is 0.102. The van der Waals surface area contributed by atoms with E-state index in [9.17, 15) is 4.79 Å². The molecule has 0 radical (unpaired) electrons. The minimum atomic E-state index is -0.200. The van der Waals surface area contributed by atoms with Crippen LogP contribution in [0.5, 0.6) is 11.5 Å². The molecular formula is C20H22BrNO3. The van der Waals surface area contributed by atoms with E-state index in [-0.39, 0.29) is 12.0 Å². The quantitative estimate of drug-likeness (QED) is 0.625. The normalized spacial score (nSPS) is 10.4. The van der Waals surface area contributed by atoms with Gasteiger partial charge < -0.3 is 14.8 Å². The van der Waals surface area contributed by atoms with Gasteiger partial charge in [0.1, 0.15) is 18.1 Å². The van der Waals surface area contributed by atoms with Gasteiger partial charge in [0, 0.05) is 17.3 Å². The molecule has 0 fully saturated rings. The first-order valence-corrected chi connectivity index (χ1v) is 8.79. The molecule has 2 aromatic carbocycles. The maximum atomic E-state index is 12.4.